The minimum absolute atomic E-state index is 0.291. The number of hydrogen-bond acceptors (Lipinski definition) is 3. The number of benzene rings is 1. The van der Waals surface area contributed by atoms with Crippen LogP contribution in [0.5, 0.6) is 0 Å². The molecule has 0 aliphatic carbocycles. The molecule has 1 aromatic rings. The third-order valence-electron chi connectivity index (χ3n) is 3.16. The number of sulfonamides is 1. The summed E-state index contributed by atoms with van der Waals surface area (Å²) < 4.78 is 26.5. The van der Waals surface area contributed by atoms with Gasteiger partial charge in [0.15, 0.2) is 0 Å². The number of nitrogens with two attached hydrogens (primary N) is 1. The van der Waals surface area contributed by atoms with Crippen LogP contribution in [-0.4, -0.2) is 26.3 Å². The lowest BCUT2D eigenvalue weighted by Gasteiger charge is -2.21. The average molecular weight is 284 g/mol. The lowest BCUT2D eigenvalue weighted by Crippen LogP contribution is -2.31. The Morgan fingerprint density at radius 2 is 1.79 bits per heavy atom. The molecule has 0 saturated carbocycles. The molecule has 2 N–H and O–H groups in total. The van der Waals surface area contributed by atoms with Gasteiger partial charge in [0.1, 0.15) is 0 Å². The molecule has 0 bridgehead atoms. The Kier molecular flexibility index (Phi) is 5.12. The normalized spacial score (nSPS) is 12.4. The molecule has 5 heteroatoms. The average Bonchev–Trinajstić information content (AvgIpc) is 2.27. The molecular weight excluding hydrogens is 260 g/mol. The van der Waals surface area contributed by atoms with E-state index < -0.39 is 10.0 Å². The molecule has 0 aliphatic heterocycles. The highest BCUT2D eigenvalue weighted by molar-refractivity contribution is 7.89. The zero-order valence-corrected chi connectivity index (χ0v) is 13.2. The van der Waals surface area contributed by atoms with Crippen LogP contribution >= 0.6 is 0 Å². The molecule has 0 aliphatic rings. The fourth-order valence-electron chi connectivity index (χ4n) is 2.15. The van der Waals surface area contributed by atoms with Crippen molar-refractivity contribution in [2.45, 2.75) is 39.1 Å². The summed E-state index contributed by atoms with van der Waals surface area (Å²) in [5.41, 5.74) is 8.34. The second-order valence-corrected chi connectivity index (χ2v) is 7.44. The molecule has 0 amide bonds. The Balaban J connectivity index is 3.28. The van der Waals surface area contributed by atoms with E-state index in [0.717, 1.165) is 16.7 Å². The lowest BCUT2D eigenvalue weighted by molar-refractivity contribution is 0.417. The topological polar surface area (TPSA) is 63.4 Å². The van der Waals surface area contributed by atoms with E-state index in [0.29, 0.717) is 23.9 Å². The van der Waals surface area contributed by atoms with Crippen molar-refractivity contribution in [1.82, 2.24) is 4.31 Å². The Hall–Kier alpha value is -0.910. The molecule has 0 unspecified atom stereocenters. The van der Waals surface area contributed by atoms with Gasteiger partial charge < -0.3 is 5.73 Å². The van der Waals surface area contributed by atoms with Crippen molar-refractivity contribution in [3.05, 3.63) is 28.8 Å². The smallest absolute Gasteiger partial charge is 0.243 e. The Labute approximate surface area is 116 Å². The van der Waals surface area contributed by atoms with Crippen molar-refractivity contribution >= 4 is 10.0 Å². The maximum atomic E-state index is 12.6. The second kappa shape index (κ2) is 6.03. The van der Waals surface area contributed by atoms with Crippen LogP contribution in [0.4, 0.5) is 0 Å². The van der Waals surface area contributed by atoms with Gasteiger partial charge in [-0.05, 0) is 42.5 Å². The Morgan fingerprint density at radius 1 is 1.21 bits per heavy atom. The first-order chi connectivity index (χ1) is 8.70. The largest absolute Gasteiger partial charge is 0.326 e. The van der Waals surface area contributed by atoms with Crippen LogP contribution in [0.15, 0.2) is 17.0 Å². The molecule has 0 saturated heterocycles. The molecule has 108 valence electrons. The van der Waals surface area contributed by atoms with Crippen LogP contribution < -0.4 is 5.73 Å². The monoisotopic (exact) mass is 284 g/mol. The van der Waals surface area contributed by atoms with Gasteiger partial charge in [0.25, 0.3) is 0 Å². The molecule has 0 radical (unpaired) electrons. The lowest BCUT2D eigenvalue weighted by atomic mass is 10.1. The van der Waals surface area contributed by atoms with E-state index in [1.165, 1.54) is 4.31 Å². The van der Waals surface area contributed by atoms with E-state index in [1.54, 1.807) is 13.1 Å². The quantitative estimate of drug-likeness (QED) is 0.900. The summed E-state index contributed by atoms with van der Waals surface area (Å²) in [6.07, 6.45) is 0. The number of aryl methyl sites for hydroxylation is 2. The van der Waals surface area contributed by atoms with Crippen LogP contribution in [0, 0.1) is 19.8 Å². The SMILES string of the molecule is Cc1cc(C)c(S(=O)(=O)N(C)CC(C)C)cc1CN. The van der Waals surface area contributed by atoms with Gasteiger partial charge in [-0.25, -0.2) is 12.7 Å². The molecule has 19 heavy (non-hydrogen) atoms. The first kappa shape index (κ1) is 16.1. The first-order valence-corrected chi connectivity index (χ1v) is 7.90. The van der Waals surface area contributed by atoms with Crippen molar-refractivity contribution in [2.24, 2.45) is 11.7 Å². The van der Waals surface area contributed by atoms with Crippen molar-refractivity contribution in [3.8, 4) is 0 Å². The van der Waals surface area contributed by atoms with E-state index in [-0.39, 0.29) is 0 Å². The maximum absolute atomic E-state index is 12.6. The van der Waals surface area contributed by atoms with E-state index in [1.807, 2.05) is 33.8 Å². The van der Waals surface area contributed by atoms with Gasteiger partial charge in [0.05, 0.1) is 4.90 Å². The highest BCUT2D eigenvalue weighted by Crippen LogP contribution is 2.23. The summed E-state index contributed by atoms with van der Waals surface area (Å²) in [6.45, 7) is 8.63. The van der Waals surface area contributed by atoms with Crippen LogP contribution in [-0.2, 0) is 16.6 Å². The van der Waals surface area contributed by atoms with E-state index in [2.05, 4.69) is 0 Å². The minimum Gasteiger partial charge on any atom is -0.326 e. The van der Waals surface area contributed by atoms with E-state index in [9.17, 15) is 8.42 Å². The van der Waals surface area contributed by atoms with Crippen LogP contribution in [0.2, 0.25) is 0 Å². The second-order valence-electron chi connectivity index (χ2n) is 5.43. The number of rotatable bonds is 5. The fraction of sp³-hybridized carbons (Fsp3) is 0.571. The summed E-state index contributed by atoms with van der Waals surface area (Å²) in [7, 11) is -1.81. The van der Waals surface area contributed by atoms with Gasteiger partial charge in [0, 0.05) is 20.1 Å². The highest BCUT2D eigenvalue weighted by Gasteiger charge is 2.24. The molecule has 1 rings (SSSR count). The van der Waals surface area contributed by atoms with Crippen molar-refractivity contribution in [3.63, 3.8) is 0 Å². The summed E-state index contributed by atoms with van der Waals surface area (Å²) >= 11 is 0. The third-order valence-corrected chi connectivity index (χ3v) is 5.13. The van der Waals surface area contributed by atoms with Gasteiger partial charge in [-0.3, -0.25) is 0 Å². The predicted octanol–water partition coefficient (Wildman–Crippen LogP) is 2.04. The molecule has 1 aromatic carbocycles. The number of nitrogens with zero attached hydrogens (tertiary/aromatic N) is 1. The van der Waals surface area contributed by atoms with Crippen LogP contribution in [0.3, 0.4) is 0 Å². The predicted molar refractivity (Wildman–Crippen MR) is 78.5 cm³/mol. The summed E-state index contributed by atoms with van der Waals surface area (Å²) in [6, 6.07) is 3.59. The summed E-state index contributed by atoms with van der Waals surface area (Å²) in [5.74, 6) is 0.291. The summed E-state index contributed by atoms with van der Waals surface area (Å²) in [4.78, 5) is 0.363. The van der Waals surface area contributed by atoms with E-state index in [4.69, 9.17) is 5.73 Å². The van der Waals surface area contributed by atoms with Crippen molar-refractivity contribution in [2.75, 3.05) is 13.6 Å². The van der Waals surface area contributed by atoms with Crippen LogP contribution in [0.25, 0.3) is 0 Å². The van der Waals surface area contributed by atoms with Gasteiger partial charge in [-0.2, -0.15) is 0 Å². The highest BCUT2D eigenvalue weighted by atomic mass is 32.2. The molecule has 0 heterocycles. The first-order valence-electron chi connectivity index (χ1n) is 6.46. The van der Waals surface area contributed by atoms with E-state index >= 15 is 0 Å². The van der Waals surface area contributed by atoms with Gasteiger partial charge in [-0.15, -0.1) is 0 Å². The Morgan fingerprint density at radius 3 is 2.26 bits per heavy atom. The maximum Gasteiger partial charge on any atom is 0.243 e. The Bertz CT molecular complexity index is 551. The van der Waals surface area contributed by atoms with Gasteiger partial charge in [-0.1, -0.05) is 19.9 Å². The summed E-state index contributed by atoms with van der Waals surface area (Å²) in [5, 5.41) is 0. The zero-order chi connectivity index (χ0) is 14.8. The third kappa shape index (κ3) is 3.55. The minimum atomic E-state index is -3.44. The molecule has 4 nitrogen and oxygen atoms in total. The molecule has 0 atom stereocenters. The van der Waals surface area contributed by atoms with Crippen molar-refractivity contribution < 1.29 is 8.42 Å². The zero-order valence-electron chi connectivity index (χ0n) is 12.4. The molecule has 0 fully saturated rings. The fourth-order valence-corrected chi connectivity index (χ4v) is 3.74. The molecule has 0 aromatic heterocycles. The molecular formula is C14H24N2O2S. The standard InChI is InChI=1S/C14H24N2O2S/c1-10(2)9-16(5)19(17,18)14-7-13(8-15)11(3)6-12(14)4/h6-7,10H,8-9,15H2,1-5H3. The van der Waals surface area contributed by atoms with Crippen LogP contribution in [0.1, 0.15) is 30.5 Å². The number of hydrogen-bond donors (Lipinski definition) is 1. The van der Waals surface area contributed by atoms with Gasteiger partial charge >= 0.3 is 0 Å². The molecule has 0 spiro atoms. The van der Waals surface area contributed by atoms with Gasteiger partial charge in [0.2, 0.25) is 10.0 Å². The van der Waals surface area contributed by atoms with Crippen molar-refractivity contribution in [1.29, 1.82) is 0 Å².